The summed E-state index contributed by atoms with van der Waals surface area (Å²) in [4.78, 5) is 51.8. The molecule has 5 rings (SSSR count). The number of esters is 4. The minimum absolute atomic E-state index is 0.258. The molecule has 8 atom stereocenters. The van der Waals surface area contributed by atoms with Gasteiger partial charge in [-0.25, -0.2) is 9.59 Å². The van der Waals surface area contributed by atoms with E-state index < -0.39 is 64.9 Å². The van der Waals surface area contributed by atoms with Gasteiger partial charge in [-0.3, -0.25) is 9.59 Å². The monoisotopic (exact) mass is 578 g/mol. The maximum absolute atomic E-state index is 13.5. The molecule has 1 heterocycles. The fraction of sp³-hybridized carbons (Fsp3) is 0.515. The zero-order valence-corrected chi connectivity index (χ0v) is 24.8. The molecule has 0 aromatic heterocycles. The molecule has 42 heavy (non-hydrogen) atoms. The largest absolute Gasteiger partial charge is 0.459 e. The predicted molar refractivity (Wildman–Crippen MR) is 150 cm³/mol. The Bertz CT molecular complexity index is 1360. The summed E-state index contributed by atoms with van der Waals surface area (Å²) in [6.07, 6.45) is -2.99. The molecule has 2 aromatic carbocycles. The third-order valence-corrected chi connectivity index (χ3v) is 9.45. The van der Waals surface area contributed by atoms with Crippen LogP contribution in [0.5, 0.6) is 0 Å². The molecule has 224 valence electrons. The molecule has 0 radical (unpaired) electrons. The van der Waals surface area contributed by atoms with Crippen molar-refractivity contribution in [3.8, 4) is 0 Å². The van der Waals surface area contributed by atoms with Crippen LogP contribution in [0.15, 0.2) is 60.7 Å². The van der Waals surface area contributed by atoms with Crippen LogP contribution in [0.2, 0.25) is 0 Å². The van der Waals surface area contributed by atoms with E-state index in [4.69, 9.17) is 23.7 Å². The van der Waals surface area contributed by atoms with Crippen molar-refractivity contribution in [3.63, 3.8) is 0 Å². The Hall–Kier alpha value is -3.72. The second-order valence-corrected chi connectivity index (χ2v) is 12.4. The lowest BCUT2D eigenvalue weighted by molar-refractivity contribution is -0.302. The first kappa shape index (κ1) is 29.8. The van der Waals surface area contributed by atoms with Crippen LogP contribution in [-0.2, 0) is 33.3 Å². The summed E-state index contributed by atoms with van der Waals surface area (Å²) < 4.78 is 31.4. The van der Waals surface area contributed by atoms with Crippen molar-refractivity contribution in [3.05, 3.63) is 71.8 Å². The molecular weight excluding hydrogens is 540 g/mol. The van der Waals surface area contributed by atoms with E-state index in [0.29, 0.717) is 11.1 Å². The summed E-state index contributed by atoms with van der Waals surface area (Å²) in [5.41, 5.74) is -2.59. The van der Waals surface area contributed by atoms with Gasteiger partial charge in [0.15, 0.2) is 6.10 Å². The summed E-state index contributed by atoms with van der Waals surface area (Å²) in [5, 5.41) is 0. The quantitative estimate of drug-likeness (QED) is 0.348. The van der Waals surface area contributed by atoms with Gasteiger partial charge in [0.2, 0.25) is 0 Å². The number of carbonyl (C=O) groups is 4. The van der Waals surface area contributed by atoms with Crippen LogP contribution in [0.4, 0.5) is 0 Å². The lowest BCUT2D eigenvalue weighted by Gasteiger charge is -2.62. The SMILES string of the molecule is CC(=O)O[C@H]1C[C@@H](C)C23OC(C)(C)C(C[C@H](OC(=O)c4ccccc4)[C@]2(C)[C@H]1OC(C)=O)[C@H]3OC(=O)c1ccccc1. The molecule has 1 aliphatic heterocycles. The Morgan fingerprint density at radius 2 is 1.24 bits per heavy atom. The van der Waals surface area contributed by atoms with Crippen LogP contribution in [0.1, 0.15) is 75.1 Å². The number of hydrogen-bond donors (Lipinski definition) is 0. The fourth-order valence-electron chi connectivity index (χ4n) is 7.70. The fourth-order valence-corrected chi connectivity index (χ4v) is 7.70. The maximum Gasteiger partial charge on any atom is 0.338 e. The summed E-state index contributed by atoms with van der Waals surface area (Å²) in [6.45, 7) is 10.2. The van der Waals surface area contributed by atoms with Gasteiger partial charge >= 0.3 is 23.9 Å². The van der Waals surface area contributed by atoms with Crippen LogP contribution >= 0.6 is 0 Å². The van der Waals surface area contributed by atoms with Gasteiger partial charge < -0.3 is 23.7 Å². The van der Waals surface area contributed by atoms with Crippen molar-refractivity contribution in [2.45, 2.75) is 90.0 Å². The van der Waals surface area contributed by atoms with Crippen molar-refractivity contribution in [1.82, 2.24) is 0 Å². The lowest BCUT2D eigenvalue weighted by atomic mass is 9.48. The molecule has 2 aromatic rings. The molecule has 3 aliphatic rings. The normalized spacial score (nSPS) is 34.4. The van der Waals surface area contributed by atoms with Gasteiger partial charge in [-0.05, 0) is 63.8 Å². The van der Waals surface area contributed by atoms with Gasteiger partial charge in [-0.1, -0.05) is 43.3 Å². The average Bonchev–Trinajstić information content (AvgIpc) is 3.12. The van der Waals surface area contributed by atoms with E-state index >= 15 is 0 Å². The van der Waals surface area contributed by atoms with E-state index in [1.165, 1.54) is 13.8 Å². The first-order valence-corrected chi connectivity index (χ1v) is 14.4. The second-order valence-electron chi connectivity index (χ2n) is 12.4. The van der Waals surface area contributed by atoms with Gasteiger partial charge in [0, 0.05) is 19.8 Å². The number of rotatable bonds is 6. The van der Waals surface area contributed by atoms with Crippen molar-refractivity contribution < 1.29 is 42.9 Å². The van der Waals surface area contributed by atoms with E-state index in [-0.39, 0.29) is 24.7 Å². The summed E-state index contributed by atoms with van der Waals surface area (Å²) in [6, 6.07) is 17.3. The van der Waals surface area contributed by atoms with Crippen LogP contribution in [-0.4, -0.2) is 59.5 Å². The van der Waals surface area contributed by atoms with Crippen molar-refractivity contribution >= 4 is 23.9 Å². The summed E-state index contributed by atoms with van der Waals surface area (Å²) >= 11 is 0. The van der Waals surface area contributed by atoms with E-state index in [1.807, 2.05) is 33.8 Å². The van der Waals surface area contributed by atoms with Crippen molar-refractivity contribution in [1.29, 1.82) is 0 Å². The number of fused-ring (bicyclic) bond motifs is 1. The van der Waals surface area contributed by atoms with Crippen LogP contribution in [0, 0.1) is 17.3 Å². The standard InChI is InChI=1S/C33H38O9/c1-19-17-25(38-20(2)34)28(39-21(3)35)32(6)26(40-29(36)22-13-9-7-10-14-22)18-24-27(33(19,32)42-31(24,4)5)41-30(37)23-15-11-8-12-16-23/h7-16,19,24-28H,17-18H2,1-6H3/t19-,24?,25+,26+,27-,28+,32-,33?/m1/s1. The highest BCUT2D eigenvalue weighted by molar-refractivity contribution is 5.90. The molecule has 2 aliphatic carbocycles. The summed E-state index contributed by atoms with van der Waals surface area (Å²) in [5.74, 6) is -2.90. The molecule has 2 bridgehead atoms. The minimum atomic E-state index is -1.28. The highest BCUT2D eigenvalue weighted by atomic mass is 16.6. The zero-order valence-electron chi connectivity index (χ0n) is 24.8. The van der Waals surface area contributed by atoms with Gasteiger partial charge in [0.1, 0.15) is 23.9 Å². The van der Waals surface area contributed by atoms with Crippen molar-refractivity contribution in [2.24, 2.45) is 17.3 Å². The first-order valence-electron chi connectivity index (χ1n) is 14.4. The Morgan fingerprint density at radius 3 is 1.76 bits per heavy atom. The number of carbonyl (C=O) groups excluding carboxylic acids is 4. The average molecular weight is 579 g/mol. The second kappa shape index (κ2) is 10.8. The smallest absolute Gasteiger partial charge is 0.338 e. The van der Waals surface area contributed by atoms with Gasteiger partial charge in [-0.2, -0.15) is 0 Å². The third kappa shape index (κ3) is 4.77. The molecular formula is C33H38O9. The number of hydrogen-bond acceptors (Lipinski definition) is 9. The lowest BCUT2D eigenvalue weighted by Crippen LogP contribution is -2.76. The maximum atomic E-state index is 13.5. The molecule has 9 heteroatoms. The molecule has 0 amide bonds. The van der Waals surface area contributed by atoms with Crippen LogP contribution in [0.25, 0.3) is 0 Å². The molecule has 9 nitrogen and oxygen atoms in total. The predicted octanol–water partition coefficient (Wildman–Crippen LogP) is 4.91. The summed E-state index contributed by atoms with van der Waals surface area (Å²) in [7, 11) is 0. The third-order valence-electron chi connectivity index (χ3n) is 9.45. The number of ether oxygens (including phenoxy) is 5. The Kier molecular flexibility index (Phi) is 7.68. The molecule has 0 N–H and O–H groups in total. The highest BCUT2D eigenvalue weighted by Crippen LogP contribution is 2.68. The molecule has 2 unspecified atom stereocenters. The Labute approximate surface area is 245 Å². The molecule has 1 saturated heterocycles. The highest BCUT2D eigenvalue weighted by Gasteiger charge is 2.80. The Balaban J connectivity index is 1.66. The van der Waals surface area contributed by atoms with E-state index in [0.717, 1.165) is 0 Å². The van der Waals surface area contributed by atoms with E-state index in [2.05, 4.69) is 0 Å². The van der Waals surface area contributed by atoms with Gasteiger partial charge in [-0.15, -0.1) is 0 Å². The Morgan fingerprint density at radius 1 is 0.714 bits per heavy atom. The van der Waals surface area contributed by atoms with Crippen LogP contribution in [0.3, 0.4) is 0 Å². The van der Waals surface area contributed by atoms with Gasteiger partial charge in [0.05, 0.1) is 22.1 Å². The van der Waals surface area contributed by atoms with E-state index in [1.54, 1.807) is 54.6 Å². The first-order chi connectivity index (χ1) is 19.8. The van der Waals surface area contributed by atoms with Gasteiger partial charge in [0.25, 0.3) is 0 Å². The zero-order chi connectivity index (χ0) is 30.4. The van der Waals surface area contributed by atoms with Crippen LogP contribution < -0.4 is 0 Å². The molecule has 2 saturated carbocycles. The van der Waals surface area contributed by atoms with E-state index in [9.17, 15) is 19.2 Å². The topological polar surface area (TPSA) is 114 Å². The van der Waals surface area contributed by atoms with Crippen molar-refractivity contribution in [2.75, 3.05) is 0 Å². The number of benzene rings is 2. The minimum Gasteiger partial charge on any atom is -0.459 e. The molecule has 3 fully saturated rings. The molecule has 1 spiro atoms.